The van der Waals surface area contributed by atoms with Crippen LogP contribution in [0.3, 0.4) is 0 Å². The second-order valence-corrected chi connectivity index (χ2v) is 6.32. The maximum atomic E-state index is 11.3. The Bertz CT molecular complexity index is 491. The van der Waals surface area contributed by atoms with Crippen LogP contribution < -0.4 is 10.5 Å². The summed E-state index contributed by atoms with van der Waals surface area (Å²) in [6.45, 7) is 3.19. The lowest BCUT2D eigenvalue weighted by molar-refractivity contribution is 0.332. The van der Waals surface area contributed by atoms with Gasteiger partial charge in [0.25, 0.3) is 0 Å². The van der Waals surface area contributed by atoms with Crippen molar-refractivity contribution in [2.24, 2.45) is 11.1 Å². The monoisotopic (exact) mass is 254 g/mol. The highest BCUT2D eigenvalue weighted by molar-refractivity contribution is 7.89. The van der Waals surface area contributed by atoms with Gasteiger partial charge in [-0.05, 0) is 43.0 Å². The molecule has 1 aliphatic rings. The molecule has 1 heterocycles. The van der Waals surface area contributed by atoms with Gasteiger partial charge in [-0.3, -0.25) is 0 Å². The molecule has 0 spiro atoms. The topological polar surface area (TPSA) is 72.2 Å². The molecule has 2 rings (SSSR count). The van der Waals surface area contributed by atoms with Crippen LogP contribution in [0.4, 0.5) is 0 Å². The summed E-state index contributed by atoms with van der Waals surface area (Å²) in [6, 6.07) is 7.14. The Balaban J connectivity index is 2.22. The molecule has 0 radical (unpaired) electrons. The van der Waals surface area contributed by atoms with Gasteiger partial charge in [0.15, 0.2) is 0 Å². The second kappa shape index (κ2) is 4.76. The zero-order valence-electron chi connectivity index (χ0n) is 9.89. The SMILES string of the molecule is C[C@H]1CC[C@H](c2cccc(S(N)(=O)=O)c2)NC1. The number of hydrogen-bond donors (Lipinski definition) is 2. The summed E-state index contributed by atoms with van der Waals surface area (Å²) in [5.41, 5.74) is 1.00. The highest BCUT2D eigenvalue weighted by atomic mass is 32.2. The second-order valence-electron chi connectivity index (χ2n) is 4.76. The molecule has 17 heavy (non-hydrogen) atoms. The van der Waals surface area contributed by atoms with Gasteiger partial charge in [0, 0.05) is 6.04 Å². The van der Waals surface area contributed by atoms with Crippen molar-refractivity contribution in [3.05, 3.63) is 29.8 Å². The standard InChI is InChI=1S/C12H18N2O2S/c1-9-5-6-12(14-8-9)10-3-2-4-11(7-10)17(13,15)16/h2-4,7,9,12,14H,5-6,8H2,1H3,(H2,13,15,16)/t9-,12+/m0/s1. The molecule has 1 aromatic carbocycles. The van der Waals surface area contributed by atoms with Crippen LogP contribution in [0.5, 0.6) is 0 Å². The number of hydrogen-bond acceptors (Lipinski definition) is 3. The first-order chi connectivity index (χ1) is 7.97. The smallest absolute Gasteiger partial charge is 0.238 e. The van der Waals surface area contributed by atoms with Gasteiger partial charge in [-0.25, -0.2) is 13.6 Å². The van der Waals surface area contributed by atoms with Crippen LogP contribution in [0.15, 0.2) is 29.2 Å². The predicted molar refractivity (Wildman–Crippen MR) is 67.0 cm³/mol. The van der Waals surface area contributed by atoms with Crippen LogP contribution in [0, 0.1) is 5.92 Å². The first kappa shape index (κ1) is 12.5. The van der Waals surface area contributed by atoms with Crippen LogP contribution in [0.25, 0.3) is 0 Å². The third-order valence-electron chi connectivity index (χ3n) is 3.25. The van der Waals surface area contributed by atoms with E-state index in [0.717, 1.165) is 24.9 Å². The molecule has 1 saturated heterocycles. The van der Waals surface area contributed by atoms with Gasteiger partial charge in [-0.15, -0.1) is 0 Å². The Hall–Kier alpha value is -0.910. The zero-order chi connectivity index (χ0) is 12.5. The van der Waals surface area contributed by atoms with Crippen molar-refractivity contribution in [1.29, 1.82) is 0 Å². The van der Waals surface area contributed by atoms with Crippen molar-refractivity contribution in [3.8, 4) is 0 Å². The van der Waals surface area contributed by atoms with Crippen molar-refractivity contribution < 1.29 is 8.42 Å². The fourth-order valence-electron chi connectivity index (χ4n) is 2.19. The zero-order valence-corrected chi connectivity index (χ0v) is 10.7. The number of benzene rings is 1. The molecule has 2 atom stereocenters. The summed E-state index contributed by atoms with van der Waals surface area (Å²) in [7, 11) is -3.60. The first-order valence-corrected chi connectivity index (χ1v) is 7.37. The molecule has 4 nitrogen and oxygen atoms in total. The molecule has 3 N–H and O–H groups in total. The summed E-state index contributed by atoms with van der Waals surface area (Å²) in [6.07, 6.45) is 2.20. The summed E-state index contributed by atoms with van der Waals surface area (Å²) in [5.74, 6) is 0.688. The van der Waals surface area contributed by atoms with E-state index in [1.54, 1.807) is 12.1 Å². The molecule has 0 bridgehead atoms. The minimum absolute atomic E-state index is 0.190. The number of nitrogens with two attached hydrogens (primary N) is 1. The molecule has 1 aliphatic heterocycles. The van der Waals surface area contributed by atoms with Gasteiger partial charge in [0.2, 0.25) is 10.0 Å². The van der Waals surface area contributed by atoms with E-state index < -0.39 is 10.0 Å². The molecule has 0 saturated carbocycles. The van der Waals surface area contributed by atoms with Crippen molar-refractivity contribution in [3.63, 3.8) is 0 Å². The van der Waals surface area contributed by atoms with Crippen LogP contribution in [-0.4, -0.2) is 15.0 Å². The number of primary sulfonamides is 1. The molecular weight excluding hydrogens is 236 g/mol. The van der Waals surface area contributed by atoms with Gasteiger partial charge in [0.05, 0.1) is 4.90 Å². The normalized spacial score (nSPS) is 25.8. The number of nitrogens with one attached hydrogen (secondary N) is 1. The molecule has 0 aliphatic carbocycles. The average molecular weight is 254 g/mol. The van der Waals surface area contributed by atoms with E-state index in [1.165, 1.54) is 6.07 Å². The molecule has 1 aromatic rings. The highest BCUT2D eigenvalue weighted by Crippen LogP contribution is 2.26. The van der Waals surface area contributed by atoms with Crippen LogP contribution in [0.1, 0.15) is 31.4 Å². The Morgan fingerprint density at radius 3 is 2.71 bits per heavy atom. The Morgan fingerprint density at radius 1 is 1.35 bits per heavy atom. The number of piperidine rings is 1. The lowest BCUT2D eigenvalue weighted by Crippen LogP contribution is -2.32. The number of sulfonamides is 1. The Morgan fingerprint density at radius 2 is 2.12 bits per heavy atom. The third kappa shape index (κ3) is 3.06. The fourth-order valence-corrected chi connectivity index (χ4v) is 2.76. The molecular formula is C12H18N2O2S. The van der Waals surface area contributed by atoms with Gasteiger partial charge >= 0.3 is 0 Å². The molecule has 5 heteroatoms. The third-order valence-corrected chi connectivity index (χ3v) is 4.16. The highest BCUT2D eigenvalue weighted by Gasteiger charge is 2.20. The van der Waals surface area contributed by atoms with E-state index in [1.807, 2.05) is 6.07 Å². The van der Waals surface area contributed by atoms with E-state index in [9.17, 15) is 8.42 Å². The maximum Gasteiger partial charge on any atom is 0.238 e. The maximum absolute atomic E-state index is 11.3. The van der Waals surface area contributed by atoms with Gasteiger partial charge < -0.3 is 5.32 Å². The van der Waals surface area contributed by atoms with Crippen molar-refractivity contribution >= 4 is 10.0 Å². The minimum Gasteiger partial charge on any atom is -0.310 e. The number of rotatable bonds is 2. The largest absolute Gasteiger partial charge is 0.310 e. The molecule has 0 aromatic heterocycles. The molecule has 1 fully saturated rings. The molecule has 0 amide bonds. The van der Waals surface area contributed by atoms with E-state index >= 15 is 0 Å². The van der Waals surface area contributed by atoms with Crippen molar-refractivity contribution in [2.75, 3.05) is 6.54 Å². The van der Waals surface area contributed by atoms with Crippen LogP contribution in [-0.2, 0) is 10.0 Å². The summed E-state index contributed by atoms with van der Waals surface area (Å²) >= 11 is 0. The van der Waals surface area contributed by atoms with Crippen molar-refractivity contribution in [2.45, 2.75) is 30.7 Å². The average Bonchev–Trinajstić information content (AvgIpc) is 2.29. The fraction of sp³-hybridized carbons (Fsp3) is 0.500. The van der Waals surface area contributed by atoms with E-state index in [0.29, 0.717) is 5.92 Å². The Kier molecular flexibility index (Phi) is 3.51. The van der Waals surface area contributed by atoms with Crippen LogP contribution >= 0.6 is 0 Å². The quantitative estimate of drug-likeness (QED) is 0.838. The molecule has 0 unspecified atom stereocenters. The summed E-state index contributed by atoms with van der Waals surface area (Å²) < 4.78 is 22.6. The van der Waals surface area contributed by atoms with E-state index in [2.05, 4.69) is 12.2 Å². The summed E-state index contributed by atoms with van der Waals surface area (Å²) in [4.78, 5) is 0.190. The lowest BCUT2D eigenvalue weighted by atomic mass is 9.92. The minimum atomic E-state index is -3.60. The first-order valence-electron chi connectivity index (χ1n) is 5.83. The van der Waals surface area contributed by atoms with Gasteiger partial charge in [-0.2, -0.15) is 0 Å². The van der Waals surface area contributed by atoms with Crippen molar-refractivity contribution in [1.82, 2.24) is 5.32 Å². The Labute approximate surface area is 102 Å². The summed E-state index contributed by atoms with van der Waals surface area (Å²) in [5, 5.41) is 8.56. The van der Waals surface area contributed by atoms with E-state index in [4.69, 9.17) is 5.14 Å². The predicted octanol–water partition coefficient (Wildman–Crippen LogP) is 1.39. The van der Waals surface area contributed by atoms with Gasteiger partial charge in [-0.1, -0.05) is 19.1 Å². The van der Waals surface area contributed by atoms with E-state index in [-0.39, 0.29) is 10.9 Å². The van der Waals surface area contributed by atoms with Gasteiger partial charge in [0.1, 0.15) is 0 Å². The molecule has 94 valence electrons. The lowest BCUT2D eigenvalue weighted by Gasteiger charge is -2.28. The van der Waals surface area contributed by atoms with Crippen LogP contribution in [0.2, 0.25) is 0 Å².